The first-order valence-electron chi connectivity index (χ1n) is 3.81. The zero-order valence-electron chi connectivity index (χ0n) is 6.73. The van der Waals surface area contributed by atoms with Gasteiger partial charge in [-0.05, 0) is 12.5 Å². The van der Waals surface area contributed by atoms with Crippen LogP contribution in [0.15, 0.2) is 23.1 Å². The Bertz CT molecular complexity index is 306. The number of aliphatic hydroxyl groups is 1. The molecule has 0 fully saturated rings. The van der Waals surface area contributed by atoms with Crippen LogP contribution < -0.4 is 11.3 Å². The molecule has 66 valence electrons. The predicted molar refractivity (Wildman–Crippen MR) is 46.8 cm³/mol. The van der Waals surface area contributed by atoms with Crippen molar-refractivity contribution in [2.75, 3.05) is 12.3 Å². The van der Waals surface area contributed by atoms with Crippen LogP contribution in [0.2, 0.25) is 0 Å². The molecule has 4 heteroatoms. The minimum absolute atomic E-state index is 0.0846. The number of aromatic nitrogens is 1. The lowest BCUT2D eigenvalue weighted by atomic mass is 10.4. The van der Waals surface area contributed by atoms with Gasteiger partial charge in [0, 0.05) is 31.1 Å². The highest BCUT2D eigenvalue weighted by Gasteiger charge is 1.94. The fourth-order valence-corrected chi connectivity index (χ4v) is 0.966. The molecule has 3 N–H and O–H groups in total. The molecule has 0 aromatic carbocycles. The molecule has 1 heterocycles. The third-order valence-corrected chi connectivity index (χ3v) is 1.56. The van der Waals surface area contributed by atoms with Gasteiger partial charge in [-0.2, -0.15) is 0 Å². The molecule has 4 nitrogen and oxygen atoms in total. The van der Waals surface area contributed by atoms with Crippen molar-refractivity contribution in [2.45, 2.75) is 13.0 Å². The van der Waals surface area contributed by atoms with Crippen LogP contribution in [0.1, 0.15) is 6.42 Å². The topological polar surface area (TPSA) is 68.2 Å². The van der Waals surface area contributed by atoms with Crippen molar-refractivity contribution in [2.24, 2.45) is 0 Å². The molecule has 0 aliphatic heterocycles. The Morgan fingerprint density at radius 1 is 1.50 bits per heavy atom. The normalized spacial score (nSPS) is 10.1. The Morgan fingerprint density at radius 3 is 2.92 bits per heavy atom. The fraction of sp³-hybridized carbons (Fsp3) is 0.375. The van der Waals surface area contributed by atoms with E-state index in [1.165, 1.54) is 10.6 Å². The van der Waals surface area contributed by atoms with Gasteiger partial charge >= 0.3 is 0 Å². The number of hydrogen-bond donors (Lipinski definition) is 2. The Hall–Kier alpha value is -1.29. The van der Waals surface area contributed by atoms with E-state index in [9.17, 15) is 4.79 Å². The first kappa shape index (κ1) is 8.80. The molecule has 0 amide bonds. The number of anilines is 1. The van der Waals surface area contributed by atoms with E-state index < -0.39 is 0 Å². The number of hydrogen-bond acceptors (Lipinski definition) is 3. The van der Waals surface area contributed by atoms with Crippen molar-refractivity contribution >= 4 is 5.69 Å². The van der Waals surface area contributed by atoms with Gasteiger partial charge in [0.05, 0.1) is 0 Å². The lowest BCUT2D eigenvalue weighted by molar-refractivity contribution is 0.279. The van der Waals surface area contributed by atoms with Gasteiger partial charge in [0.1, 0.15) is 0 Å². The number of pyridine rings is 1. The maximum Gasteiger partial charge on any atom is 0.250 e. The first-order chi connectivity index (χ1) is 5.74. The molecule has 12 heavy (non-hydrogen) atoms. The molecular weight excluding hydrogens is 156 g/mol. The average Bonchev–Trinajstić information content (AvgIpc) is 2.07. The monoisotopic (exact) mass is 168 g/mol. The lowest BCUT2D eigenvalue weighted by Crippen LogP contribution is -2.19. The van der Waals surface area contributed by atoms with E-state index in [0.29, 0.717) is 18.7 Å². The molecule has 1 aromatic rings. The fourth-order valence-electron chi connectivity index (χ4n) is 0.966. The molecule has 0 unspecified atom stereocenters. The summed E-state index contributed by atoms with van der Waals surface area (Å²) in [5.41, 5.74) is 5.95. The highest BCUT2D eigenvalue weighted by Crippen LogP contribution is 1.96. The summed E-state index contributed by atoms with van der Waals surface area (Å²) >= 11 is 0. The van der Waals surface area contributed by atoms with E-state index in [-0.39, 0.29) is 12.2 Å². The largest absolute Gasteiger partial charge is 0.398 e. The van der Waals surface area contributed by atoms with Gasteiger partial charge in [-0.3, -0.25) is 4.79 Å². The highest BCUT2D eigenvalue weighted by molar-refractivity contribution is 5.33. The third-order valence-electron chi connectivity index (χ3n) is 1.56. The molecular formula is C8H12N2O2. The molecule has 0 radical (unpaired) electrons. The summed E-state index contributed by atoms with van der Waals surface area (Å²) in [5.74, 6) is 0. The van der Waals surface area contributed by atoms with Gasteiger partial charge in [0.25, 0.3) is 5.56 Å². The number of nitrogens with zero attached hydrogens (tertiary/aromatic N) is 1. The van der Waals surface area contributed by atoms with Gasteiger partial charge in [0.15, 0.2) is 0 Å². The first-order valence-corrected chi connectivity index (χ1v) is 3.81. The Morgan fingerprint density at radius 2 is 2.25 bits per heavy atom. The summed E-state index contributed by atoms with van der Waals surface area (Å²) in [6.45, 7) is 0.599. The molecule has 1 aromatic heterocycles. The lowest BCUT2D eigenvalue weighted by Gasteiger charge is -2.03. The van der Waals surface area contributed by atoms with Crippen LogP contribution in [0.4, 0.5) is 5.69 Å². The Kier molecular flexibility index (Phi) is 2.88. The second-order valence-corrected chi connectivity index (χ2v) is 2.57. The minimum atomic E-state index is -0.0855. The number of rotatable bonds is 3. The molecule has 0 spiro atoms. The maximum atomic E-state index is 11.1. The molecule has 0 aliphatic carbocycles. The number of aliphatic hydroxyl groups excluding tert-OH is 1. The second-order valence-electron chi connectivity index (χ2n) is 2.57. The predicted octanol–water partition coefficient (Wildman–Crippen LogP) is -0.187. The van der Waals surface area contributed by atoms with Crippen LogP contribution >= 0.6 is 0 Å². The Balaban J connectivity index is 2.83. The van der Waals surface area contributed by atoms with E-state index in [0.717, 1.165) is 0 Å². The summed E-state index contributed by atoms with van der Waals surface area (Å²) in [7, 11) is 0. The Labute approximate surface area is 70.3 Å². The molecule has 0 bridgehead atoms. The zero-order valence-corrected chi connectivity index (χ0v) is 6.73. The summed E-state index contributed by atoms with van der Waals surface area (Å²) in [6.07, 6.45) is 2.15. The summed E-state index contributed by atoms with van der Waals surface area (Å²) in [6, 6.07) is 2.99. The zero-order chi connectivity index (χ0) is 8.97. The van der Waals surface area contributed by atoms with Crippen molar-refractivity contribution in [3.63, 3.8) is 0 Å². The van der Waals surface area contributed by atoms with Crippen LogP contribution in [0.3, 0.4) is 0 Å². The van der Waals surface area contributed by atoms with Crippen molar-refractivity contribution in [1.82, 2.24) is 4.57 Å². The van der Waals surface area contributed by atoms with Crippen molar-refractivity contribution in [3.8, 4) is 0 Å². The number of nitrogen functional groups attached to an aromatic ring is 1. The molecule has 0 saturated carbocycles. The maximum absolute atomic E-state index is 11.1. The van der Waals surface area contributed by atoms with Crippen LogP contribution in [-0.4, -0.2) is 16.3 Å². The van der Waals surface area contributed by atoms with Gasteiger partial charge in [0.2, 0.25) is 0 Å². The van der Waals surface area contributed by atoms with Gasteiger partial charge < -0.3 is 15.4 Å². The highest BCUT2D eigenvalue weighted by atomic mass is 16.3. The SMILES string of the molecule is Nc1ccc(=O)n(CCCO)c1. The van der Waals surface area contributed by atoms with Crippen molar-refractivity contribution < 1.29 is 5.11 Å². The standard InChI is InChI=1S/C8H12N2O2/c9-7-2-3-8(12)10(6-7)4-1-5-11/h2-3,6,11H,1,4-5,9H2. The summed E-state index contributed by atoms with van der Waals surface area (Å²) < 4.78 is 1.49. The van der Waals surface area contributed by atoms with Gasteiger partial charge in [-0.15, -0.1) is 0 Å². The van der Waals surface area contributed by atoms with Gasteiger partial charge in [-0.25, -0.2) is 0 Å². The van der Waals surface area contributed by atoms with Gasteiger partial charge in [-0.1, -0.05) is 0 Å². The van der Waals surface area contributed by atoms with Crippen LogP contribution in [0.5, 0.6) is 0 Å². The summed E-state index contributed by atoms with van der Waals surface area (Å²) in [4.78, 5) is 11.1. The van der Waals surface area contributed by atoms with Crippen LogP contribution in [0, 0.1) is 0 Å². The van der Waals surface area contributed by atoms with Crippen molar-refractivity contribution in [1.29, 1.82) is 0 Å². The second kappa shape index (κ2) is 3.92. The molecule has 0 aliphatic rings. The van der Waals surface area contributed by atoms with E-state index >= 15 is 0 Å². The van der Waals surface area contributed by atoms with Crippen molar-refractivity contribution in [3.05, 3.63) is 28.7 Å². The van der Waals surface area contributed by atoms with Crippen LogP contribution in [-0.2, 0) is 6.54 Å². The minimum Gasteiger partial charge on any atom is -0.398 e. The van der Waals surface area contributed by atoms with E-state index in [1.54, 1.807) is 12.3 Å². The smallest absolute Gasteiger partial charge is 0.250 e. The van der Waals surface area contributed by atoms with E-state index in [2.05, 4.69) is 0 Å². The molecule has 0 atom stereocenters. The van der Waals surface area contributed by atoms with E-state index in [4.69, 9.17) is 10.8 Å². The molecule has 0 saturated heterocycles. The van der Waals surface area contributed by atoms with Crippen LogP contribution in [0.25, 0.3) is 0 Å². The number of nitrogens with two attached hydrogens (primary N) is 1. The quantitative estimate of drug-likeness (QED) is 0.657. The molecule has 1 rings (SSSR count). The van der Waals surface area contributed by atoms with E-state index in [1.807, 2.05) is 0 Å². The summed E-state index contributed by atoms with van der Waals surface area (Å²) in [5, 5.41) is 8.54. The number of aryl methyl sites for hydroxylation is 1. The third kappa shape index (κ3) is 2.10. The average molecular weight is 168 g/mol.